The maximum Gasteiger partial charge on any atom is 0.199 e. The molecule has 0 bridgehead atoms. The zero-order chi connectivity index (χ0) is 30.8. The molecule has 0 radical (unpaired) electrons. The molecule has 1 aliphatic carbocycles. The predicted octanol–water partition coefficient (Wildman–Crippen LogP) is 8.00. The third-order valence-electron chi connectivity index (χ3n) is 6.98. The van der Waals surface area contributed by atoms with Crippen molar-refractivity contribution in [1.82, 2.24) is 4.98 Å². The largest absolute Gasteiger partial charge is 0.507 e. The molecule has 0 spiro atoms. The van der Waals surface area contributed by atoms with Crippen LogP contribution >= 0.6 is 23.2 Å². The van der Waals surface area contributed by atoms with E-state index in [-0.39, 0.29) is 66.6 Å². The lowest BCUT2D eigenvalue weighted by Gasteiger charge is -2.21. The van der Waals surface area contributed by atoms with Gasteiger partial charge in [0.05, 0.1) is 32.3 Å². The highest BCUT2D eigenvalue weighted by molar-refractivity contribution is 6.43. The Morgan fingerprint density at radius 3 is 2.37 bits per heavy atom. The van der Waals surface area contributed by atoms with Crippen molar-refractivity contribution in [3.8, 4) is 11.8 Å². The van der Waals surface area contributed by atoms with Gasteiger partial charge >= 0.3 is 0 Å². The van der Waals surface area contributed by atoms with Crippen molar-refractivity contribution < 1.29 is 14.7 Å². The Morgan fingerprint density at radius 2 is 1.67 bits per heavy atom. The summed E-state index contributed by atoms with van der Waals surface area (Å²) in [5, 5.41) is 35.0. The lowest BCUT2D eigenvalue weighted by Crippen LogP contribution is -2.21. The third kappa shape index (κ3) is 5.48. The van der Waals surface area contributed by atoms with E-state index in [2.05, 4.69) is 38.8 Å². The molecule has 1 aromatic heterocycles. The summed E-state index contributed by atoms with van der Waals surface area (Å²) >= 11 is 12.8. The Kier molecular flexibility index (Phi) is 8.30. The monoisotopic (exact) mass is 613 g/mol. The molecule has 0 fully saturated rings. The number of anilines is 4. The number of fused-ring (bicyclic) bond motifs is 2. The number of aromatic hydroxyl groups is 1. The Labute approximate surface area is 257 Å². The normalized spacial score (nSPS) is 12.2. The molecular weight excluding hydrogens is 589 g/mol. The average Bonchev–Trinajstić information content (AvgIpc) is 2.97. The number of nitrogens with one attached hydrogen (secondary N) is 2. The highest BCUT2D eigenvalue weighted by atomic mass is 35.5. The Bertz CT molecular complexity index is 1870. The second-order valence-electron chi connectivity index (χ2n) is 9.79. The van der Waals surface area contributed by atoms with E-state index >= 15 is 0 Å². The second-order valence-corrected chi connectivity index (χ2v) is 10.6. The van der Waals surface area contributed by atoms with Crippen molar-refractivity contribution in [2.45, 2.75) is 26.7 Å². The fourth-order valence-corrected chi connectivity index (χ4v) is 5.35. The number of carbonyl (C=O) groups is 2. The van der Waals surface area contributed by atoms with Crippen molar-refractivity contribution in [3.05, 3.63) is 92.0 Å². The van der Waals surface area contributed by atoms with E-state index in [9.17, 15) is 20.0 Å². The van der Waals surface area contributed by atoms with Gasteiger partial charge in [0, 0.05) is 29.0 Å². The smallest absolute Gasteiger partial charge is 0.199 e. The van der Waals surface area contributed by atoms with Gasteiger partial charge in [0.15, 0.2) is 23.2 Å². The molecule has 216 valence electrons. The number of carbonyl (C=O) groups excluding carboxylic acids is 2. The number of phenolic OH excluding ortho intramolecular Hbond substituents is 1. The first-order chi connectivity index (χ1) is 20.7. The number of aromatic nitrogens is 1. The highest BCUT2D eigenvalue weighted by Crippen LogP contribution is 2.44. The standard InChI is InChI=1S/C31H25Cl2N7O3/c1-3-4-12-36-16-8-10-17(11-9-16)37-31-19(14-34)15(2)26(30(35)38-31)39-40-27-21(33)13-20(32)24-25(27)28(42)18-6-5-7-22(41)23(18)29(24)43/h5-11,13,36,41H,3-4,12H2,1-2H3,(H3,35,37,38)/b40-39+. The van der Waals surface area contributed by atoms with Crippen LogP contribution in [0.1, 0.15) is 62.7 Å². The first-order valence-corrected chi connectivity index (χ1v) is 14.1. The van der Waals surface area contributed by atoms with Gasteiger partial charge < -0.3 is 21.5 Å². The summed E-state index contributed by atoms with van der Waals surface area (Å²) in [6.07, 6.45) is 2.16. The Morgan fingerprint density at radius 1 is 0.977 bits per heavy atom. The van der Waals surface area contributed by atoms with Crippen LogP contribution in [0.15, 0.2) is 58.8 Å². The van der Waals surface area contributed by atoms with E-state index in [4.69, 9.17) is 28.9 Å². The van der Waals surface area contributed by atoms with Crippen molar-refractivity contribution in [2.24, 2.45) is 10.2 Å². The van der Waals surface area contributed by atoms with Crippen molar-refractivity contribution in [3.63, 3.8) is 0 Å². The molecule has 5 rings (SSSR count). The van der Waals surface area contributed by atoms with Crippen LogP contribution in [-0.4, -0.2) is 28.2 Å². The molecule has 3 aromatic carbocycles. The van der Waals surface area contributed by atoms with E-state index in [0.717, 1.165) is 25.1 Å². The molecule has 10 nitrogen and oxygen atoms in total. The van der Waals surface area contributed by atoms with Gasteiger partial charge in [-0.3, -0.25) is 9.59 Å². The summed E-state index contributed by atoms with van der Waals surface area (Å²) < 4.78 is 0. The fraction of sp³-hybridized carbons (Fsp3) is 0.161. The quantitative estimate of drug-likeness (QED) is 0.101. The molecule has 0 aliphatic heterocycles. The molecule has 4 aromatic rings. The molecule has 0 saturated heterocycles. The molecule has 1 heterocycles. The molecule has 1 aliphatic rings. The zero-order valence-electron chi connectivity index (χ0n) is 23.1. The lowest BCUT2D eigenvalue weighted by atomic mass is 9.82. The van der Waals surface area contributed by atoms with Crippen LogP contribution < -0.4 is 16.4 Å². The molecule has 0 unspecified atom stereocenters. The molecule has 0 amide bonds. The van der Waals surface area contributed by atoms with Crippen LogP contribution in [0.5, 0.6) is 5.75 Å². The van der Waals surface area contributed by atoms with Crippen LogP contribution in [0.4, 0.5) is 34.4 Å². The average molecular weight is 614 g/mol. The predicted molar refractivity (Wildman–Crippen MR) is 167 cm³/mol. The number of nitriles is 1. The van der Waals surface area contributed by atoms with Gasteiger partial charge in [-0.25, -0.2) is 4.98 Å². The molecule has 0 atom stereocenters. The fourth-order valence-electron chi connectivity index (χ4n) is 4.77. The first-order valence-electron chi connectivity index (χ1n) is 13.3. The van der Waals surface area contributed by atoms with Crippen LogP contribution in [0.2, 0.25) is 10.0 Å². The number of halogens is 2. The van der Waals surface area contributed by atoms with Crippen LogP contribution in [0.3, 0.4) is 0 Å². The second kappa shape index (κ2) is 12.1. The number of ketones is 2. The number of unbranched alkanes of at least 4 members (excludes halogenated alkanes) is 1. The van der Waals surface area contributed by atoms with Gasteiger partial charge in [-0.1, -0.05) is 48.7 Å². The number of hydrogen-bond acceptors (Lipinski definition) is 10. The minimum atomic E-state index is -0.648. The van der Waals surface area contributed by atoms with Crippen molar-refractivity contribution in [1.29, 1.82) is 5.26 Å². The van der Waals surface area contributed by atoms with Gasteiger partial charge in [-0.2, -0.15) is 5.26 Å². The van der Waals surface area contributed by atoms with E-state index in [1.807, 2.05) is 24.3 Å². The lowest BCUT2D eigenvalue weighted by molar-refractivity contribution is 0.0977. The molecule has 12 heteroatoms. The van der Waals surface area contributed by atoms with Crippen molar-refractivity contribution in [2.75, 3.05) is 22.9 Å². The van der Waals surface area contributed by atoms with Crippen LogP contribution in [0, 0.1) is 18.3 Å². The summed E-state index contributed by atoms with van der Waals surface area (Å²) in [6, 6.07) is 15.1. The summed E-state index contributed by atoms with van der Waals surface area (Å²) in [7, 11) is 0. The summed E-state index contributed by atoms with van der Waals surface area (Å²) in [5.74, 6) is -1.39. The zero-order valence-corrected chi connectivity index (χ0v) is 24.6. The number of phenols is 1. The number of nitrogens with two attached hydrogens (primary N) is 1. The number of benzene rings is 3. The van der Waals surface area contributed by atoms with E-state index < -0.39 is 11.6 Å². The Balaban J connectivity index is 1.51. The first kappa shape index (κ1) is 29.5. The van der Waals surface area contributed by atoms with Gasteiger partial charge in [0.2, 0.25) is 0 Å². The van der Waals surface area contributed by atoms with E-state index in [1.54, 1.807) is 6.92 Å². The number of pyridine rings is 1. The minimum absolute atomic E-state index is 0.0170. The number of nitrogens with zero attached hydrogens (tertiary/aromatic N) is 4. The van der Waals surface area contributed by atoms with Gasteiger partial charge in [0.25, 0.3) is 0 Å². The topological polar surface area (TPSA) is 166 Å². The number of nitrogen functional groups attached to an aromatic ring is 1. The van der Waals surface area contributed by atoms with E-state index in [0.29, 0.717) is 11.3 Å². The van der Waals surface area contributed by atoms with Crippen molar-refractivity contribution >= 4 is 69.2 Å². The third-order valence-corrected chi connectivity index (χ3v) is 7.57. The summed E-state index contributed by atoms with van der Waals surface area (Å²) in [4.78, 5) is 31.2. The van der Waals surface area contributed by atoms with Gasteiger partial charge in [-0.05, 0) is 49.7 Å². The minimum Gasteiger partial charge on any atom is -0.507 e. The van der Waals surface area contributed by atoms with E-state index in [1.165, 1.54) is 24.3 Å². The maximum atomic E-state index is 13.5. The molecule has 43 heavy (non-hydrogen) atoms. The van der Waals surface area contributed by atoms with Crippen LogP contribution in [0.25, 0.3) is 0 Å². The summed E-state index contributed by atoms with van der Waals surface area (Å²) in [5.41, 5.74) is 8.01. The van der Waals surface area contributed by atoms with Gasteiger partial charge in [0.1, 0.15) is 23.2 Å². The highest BCUT2D eigenvalue weighted by Gasteiger charge is 2.37. The molecular formula is C31H25Cl2N7O3. The number of azo groups is 1. The number of hydrogen-bond donors (Lipinski definition) is 4. The Hall–Kier alpha value is -4.98. The van der Waals surface area contributed by atoms with Gasteiger partial charge in [-0.15, -0.1) is 10.2 Å². The maximum absolute atomic E-state index is 13.5. The SMILES string of the molecule is CCCCNc1ccc(Nc2nc(N)c(/N=N/c3c(Cl)cc(Cl)c4c3C(=O)c3cccc(O)c3C4=O)c(C)c2C#N)cc1. The van der Waals surface area contributed by atoms with Crippen LogP contribution in [-0.2, 0) is 0 Å². The summed E-state index contributed by atoms with van der Waals surface area (Å²) in [6.45, 7) is 4.65. The molecule has 5 N–H and O–H groups in total. The molecule has 0 saturated carbocycles. The number of rotatable bonds is 8.